The highest BCUT2D eigenvalue weighted by Gasteiger charge is 2.17. The van der Waals surface area contributed by atoms with E-state index >= 15 is 0 Å². The smallest absolute Gasteiger partial charge is 0.323 e. The Bertz CT molecular complexity index is 849. The van der Waals surface area contributed by atoms with Crippen molar-refractivity contribution in [2.75, 3.05) is 32.9 Å². The number of H-pyrrole nitrogens is 1. The third kappa shape index (κ3) is 30.3. The van der Waals surface area contributed by atoms with Crippen molar-refractivity contribution in [3.05, 3.63) is 18.2 Å². The van der Waals surface area contributed by atoms with E-state index in [1.165, 1.54) is 167 Å². The summed E-state index contributed by atoms with van der Waals surface area (Å²) in [5.74, 6) is -0.283. The summed E-state index contributed by atoms with van der Waals surface area (Å²) < 4.78 is 10.9. The van der Waals surface area contributed by atoms with Crippen LogP contribution >= 0.6 is 0 Å². The van der Waals surface area contributed by atoms with Crippen LogP contribution in [0, 0.1) is 0 Å². The second kappa shape index (κ2) is 36.4. The van der Waals surface area contributed by atoms with Crippen molar-refractivity contribution in [1.29, 1.82) is 0 Å². The number of unbranched alkanes of at least 4 members (excludes halogenated alkanes) is 26. The van der Waals surface area contributed by atoms with Gasteiger partial charge in [0.05, 0.1) is 26.0 Å². The molecule has 1 unspecified atom stereocenters. The molecule has 0 aliphatic heterocycles. The summed E-state index contributed by atoms with van der Waals surface area (Å²) >= 11 is 0. The van der Waals surface area contributed by atoms with Gasteiger partial charge in [0.1, 0.15) is 12.6 Å². The van der Waals surface area contributed by atoms with Crippen LogP contribution in [0.25, 0.3) is 0 Å². The van der Waals surface area contributed by atoms with Crippen LogP contribution in [-0.4, -0.2) is 65.7 Å². The van der Waals surface area contributed by atoms with Gasteiger partial charge in [0, 0.05) is 31.4 Å². The predicted molar refractivity (Wildman–Crippen MR) is 214 cm³/mol. The number of aromatic nitrogens is 2. The molecule has 0 aliphatic rings. The maximum Gasteiger partial charge on any atom is 0.323 e. The standard InChI is InChI=1S/C43H82N4O4/c1-3-5-7-9-11-13-15-17-19-21-23-25-27-29-32-47(33-30-28-26-24-22-20-18-16-14-12-10-8-6-4-2)42(48)31-34-50-35-36-51-43(49)41(44)37-40-38-45-39-46-40/h38-39,41H,3-37,44H2,1-2H3,(H,45,46). The molecule has 1 amide bonds. The molecule has 0 aliphatic carbocycles. The van der Waals surface area contributed by atoms with Crippen LogP contribution in [-0.2, 0) is 25.5 Å². The molecule has 0 bridgehead atoms. The molecule has 51 heavy (non-hydrogen) atoms. The van der Waals surface area contributed by atoms with Crippen LogP contribution in [0.5, 0.6) is 0 Å². The zero-order valence-electron chi connectivity index (χ0n) is 33.6. The maximum absolute atomic E-state index is 13.2. The fourth-order valence-corrected chi connectivity index (χ4v) is 6.80. The first-order valence-corrected chi connectivity index (χ1v) is 21.8. The Balaban J connectivity index is 2.22. The minimum Gasteiger partial charge on any atom is -0.462 e. The monoisotopic (exact) mass is 719 g/mol. The number of hydrogen-bond donors (Lipinski definition) is 2. The number of amides is 1. The van der Waals surface area contributed by atoms with E-state index in [2.05, 4.69) is 28.7 Å². The molecule has 0 saturated carbocycles. The number of imidazole rings is 1. The summed E-state index contributed by atoms with van der Waals surface area (Å²) in [5, 5.41) is 0. The molecule has 0 radical (unpaired) electrons. The molecule has 0 saturated heterocycles. The molecule has 1 rings (SSSR count). The van der Waals surface area contributed by atoms with Gasteiger partial charge in [-0.3, -0.25) is 9.59 Å². The molecule has 0 aromatic carbocycles. The Morgan fingerprint density at radius 2 is 1.04 bits per heavy atom. The molecule has 3 N–H and O–H groups in total. The van der Waals surface area contributed by atoms with Crippen molar-refractivity contribution in [3.63, 3.8) is 0 Å². The third-order valence-corrected chi connectivity index (χ3v) is 10.1. The van der Waals surface area contributed by atoms with Crippen molar-refractivity contribution < 1.29 is 19.1 Å². The number of carbonyl (C=O) groups is 2. The number of ether oxygens (including phenoxy) is 2. The van der Waals surface area contributed by atoms with E-state index in [0.29, 0.717) is 19.4 Å². The Hall–Kier alpha value is -1.93. The molecule has 298 valence electrons. The van der Waals surface area contributed by atoms with Gasteiger partial charge in [0.2, 0.25) is 5.91 Å². The number of nitrogens with two attached hydrogens (primary N) is 1. The first kappa shape index (κ1) is 47.1. The lowest BCUT2D eigenvalue weighted by atomic mass is 10.0. The number of esters is 1. The molecule has 0 fully saturated rings. The second-order valence-corrected chi connectivity index (χ2v) is 15.0. The fraction of sp³-hybridized carbons (Fsp3) is 0.884. The van der Waals surface area contributed by atoms with Crippen LogP contribution in [0.1, 0.15) is 206 Å². The second-order valence-electron chi connectivity index (χ2n) is 15.0. The third-order valence-electron chi connectivity index (χ3n) is 10.1. The first-order valence-electron chi connectivity index (χ1n) is 21.8. The number of nitrogens with zero attached hydrogens (tertiary/aromatic N) is 2. The lowest BCUT2D eigenvalue weighted by Gasteiger charge is -2.23. The average molecular weight is 719 g/mol. The number of rotatable bonds is 39. The van der Waals surface area contributed by atoms with Gasteiger partial charge in [-0.1, -0.05) is 181 Å². The summed E-state index contributed by atoms with van der Waals surface area (Å²) in [4.78, 5) is 34.3. The highest BCUT2D eigenvalue weighted by atomic mass is 16.6. The van der Waals surface area contributed by atoms with Gasteiger partial charge in [0.25, 0.3) is 0 Å². The van der Waals surface area contributed by atoms with Gasteiger partial charge in [-0.2, -0.15) is 0 Å². The van der Waals surface area contributed by atoms with E-state index < -0.39 is 12.0 Å². The van der Waals surface area contributed by atoms with Gasteiger partial charge in [-0.25, -0.2) is 4.98 Å². The molecule has 0 spiro atoms. The molecular weight excluding hydrogens is 636 g/mol. The zero-order chi connectivity index (χ0) is 36.9. The summed E-state index contributed by atoms with van der Waals surface area (Å²) in [6.07, 6.45) is 41.4. The molecule has 8 heteroatoms. The van der Waals surface area contributed by atoms with Gasteiger partial charge in [-0.15, -0.1) is 0 Å². The minimum atomic E-state index is -0.745. The van der Waals surface area contributed by atoms with E-state index in [1.54, 1.807) is 12.5 Å². The van der Waals surface area contributed by atoms with Crippen LogP contribution in [0.4, 0.5) is 0 Å². The number of aromatic amines is 1. The van der Waals surface area contributed by atoms with Crippen molar-refractivity contribution in [2.45, 2.75) is 213 Å². The maximum atomic E-state index is 13.2. The largest absolute Gasteiger partial charge is 0.462 e. The summed E-state index contributed by atoms with van der Waals surface area (Å²) in [7, 11) is 0. The number of nitrogens with one attached hydrogen (secondary N) is 1. The van der Waals surface area contributed by atoms with Crippen molar-refractivity contribution >= 4 is 11.9 Å². The quantitative estimate of drug-likeness (QED) is 0.0518. The summed E-state index contributed by atoms with van der Waals surface area (Å²) in [5.41, 5.74) is 6.73. The Morgan fingerprint density at radius 1 is 0.627 bits per heavy atom. The Kier molecular flexibility index (Phi) is 33.6. The molecular formula is C43H82N4O4. The van der Waals surface area contributed by atoms with E-state index in [0.717, 1.165) is 31.6 Å². The lowest BCUT2D eigenvalue weighted by Crippen LogP contribution is -2.35. The zero-order valence-corrected chi connectivity index (χ0v) is 33.6. The van der Waals surface area contributed by atoms with Crippen LogP contribution in [0.3, 0.4) is 0 Å². The van der Waals surface area contributed by atoms with Crippen LogP contribution in [0.15, 0.2) is 12.5 Å². The predicted octanol–water partition coefficient (Wildman–Crippen LogP) is 11.0. The molecule has 1 heterocycles. The Morgan fingerprint density at radius 3 is 1.43 bits per heavy atom. The topological polar surface area (TPSA) is 111 Å². The van der Waals surface area contributed by atoms with Crippen molar-refractivity contribution in [1.82, 2.24) is 14.9 Å². The van der Waals surface area contributed by atoms with Gasteiger partial charge < -0.3 is 25.1 Å². The highest BCUT2D eigenvalue weighted by molar-refractivity contribution is 5.76. The number of carbonyl (C=O) groups excluding carboxylic acids is 2. The van der Waals surface area contributed by atoms with E-state index in [1.807, 2.05) is 0 Å². The Labute approximate surface area is 314 Å². The summed E-state index contributed by atoms with van der Waals surface area (Å²) in [6.45, 7) is 6.99. The lowest BCUT2D eigenvalue weighted by molar-refractivity contribution is -0.147. The minimum absolute atomic E-state index is 0.130. The van der Waals surface area contributed by atoms with Crippen molar-refractivity contribution in [2.24, 2.45) is 5.73 Å². The van der Waals surface area contributed by atoms with Crippen LogP contribution < -0.4 is 5.73 Å². The molecule has 1 aromatic rings. The first-order chi connectivity index (χ1) is 25.1. The van der Waals surface area contributed by atoms with Gasteiger partial charge in [0.15, 0.2) is 0 Å². The fourth-order valence-electron chi connectivity index (χ4n) is 6.80. The van der Waals surface area contributed by atoms with Crippen molar-refractivity contribution in [3.8, 4) is 0 Å². The highest BCUT2D eigenvalue weighted by Crippen LogP contribution is 2.15. The van der Waals surface area contributed by atoms with Gasteiger partial charge >= 0.3 is 5.97 Å². The SMILES string of the molecule is CCCCCCCCCCCCCCCCN(CCCCCCCCCCCCCCCC)C(=O)CCOCCOC(=O)C(N)Cc1cnc[nH]1. The normalized spacial score (nSPS) is 12.0. The van der Waals surface area contributed by atoms with Crippen LogP contribution in [0.2, 0.25) is 0 Å². The van der Waals surface area contributed by atoms with E-state index in [4.69, 9.17) is 15.2 Å². The average Bonchev–Trinajstić information content (AvgIpc) is 3.65. The molecule has 8 nitrogen and oxygen atoms in total. The molecule has 1 aromatic heterocycles. The summed E-state index contributed by atoms with van der Waals surface area (Å²) in [6, 6.07) is -0.745. The van der Waals surface area contributed by atoms with E-state index in [9.17, 15) is 9.59 Å². The van der Waals surface area contributed by atoms with Gasteiger partial charge in [-0.05, 0) is 12.8 Å². The number of hydrogen-bond acceptors (Lipinski definition) is 6. The molecule has 1 atom stereocenters. The van der Waals surface area contributed by atoms with E-state index in [-0.39, 0.29) is 19.1 Å².